The summed E-state index contributed by atoms with van der Waals surface area (Å²) in [6.45, 7) is 34.5. The van der Waals surface area contributed by atoms with Crippen LogP contribution in [0.2, 0.25) is 0 Å². The van der Waals surface area contributed by atoms with Gasteiger partial charge < -0.3 is 39.1 Å². The minimum absolute atomic E-state index is 0. The number of hydrogen-bond donors (Lipinski definition) is 2. The van der Waals surface area contributed by atoms with E-state index in [-0.39, 0.29) is 19.6 Å². The average Bonchev–Trinajstić information content (AvgIpc) is 3.95. The van der Waals surface area contributed by atoms with Gasteiger partial charge >= 0.3 is 0 Å². The Kier molecular flexibility index (Phi) is 65.1. The number of nitrogens with one attached hydrogen (secondary N) is 2. The van der Waals surface area contributed by atoms with Gasteiger partial charge in [0.25, 0.3) is 0 Å². The van der Waals surface area contributed by atoms with Crippen molar-refractivity contribution >= 4 is 0 Å². The van der Waals surface area contributed by atoms with Crippen molar-refractivity contribution in [2.75, 3.05) is 93.3 Å². The topological polar surface area (TPSA) is 79.4 Å². The van der Waals surface area contributed by atoms with Gasteiger partial charge in [0.1, 0.15) is 0 Å². The highest BCUT2D eigenvalue weighted by molar-refractivity contribution is 4.75. The fourth-order valence-corrected chi connectivity index (χ4v) is 13.6. The lowest BCUT2D eigenvalue weighted by atomic mass is 9.91. The van der Waals surface area contributed by atoms with Crippen LogP contribution in [0.5, 0.6) is 0 Å². The molecule has 0 saturated heterocycles. The summed E-state index contributed by atoms with van der Waals surface area (Å²) in [5.41, 5.74) is 0. The maximum atomic E-state index is 6.30. The van der Waals surface area contributed by atoms with Crippen molar-refractivity contribution in [3.8, 4) is 0 Å². The molecule has 0 aromatic heterocycles. The van der Waals surface area contributed by atoms with Gasteiger partial charge in [-0.2, -0.15) is 0 Å². The Balaban J connectivity index is 0.0000757. The molecule has 8 heteroatoms. The third kappa shape index (κ3) is 60.6. The van der Waals surface area contributed by atoms with Crippen LogP contribution in [0.3, 0.4) is 0 Å². The molecule has 0 spiro atoms. The Bertz CT molecular complexity index is 1260. The summed E-state index contributed by atoms with van der Waals surface area (Å²) in [5, 5.41) is 6.63. The van der Waals surface area contributed by atoms with Gasteiger partial charge in [-0.3, -0.25) is 0 Å². The Morgan fingerprint density at radius 1 is 0.284 bits per heavy atom. The highest BCUT2D eigenvalue weighted by Gasteiger charge is 2.25. The van der Waals surface area contributed by atoms with Crippen molar-refractivity contribution in [2.45, 2.75) is 365 Å². The van der Waals surface area contributed by atoms with E-state index in [4.69, 9.17) is 28.4 Å². The van der Waals surface area contributed by atoms with E-state index in [1.54, 1.807) is 0 Å². The molecule has 1 aliphatic rings. The monoisotopic (exact) mass is 1250 g/mol. The van der Waals surface area contributed by atoms with Crippen LogP contribution >= 0.6 is 0 Å². The third-order valence-corrected chi connectivity index (χ3v) is 19.9. The Labute approximate surface area is 553 Å². The number of rotatable bonds is 70. The largest absolute Gasteiger partial charge is 0.381 e. The van der Waals surface area contributed by atoms with Crippen molar-refractivity contribution in [1.29, 1.82) is 0 Å². The zero-order valence-corrected chi connectivity index (χ0v) is 61.3. The van der Waals surface area contributed by atoms with E-state index >= 15 is 0 Å². The molecule has 0 aliphatic heterocycles. The smallest absolute Gasteiger partial charge is 0.0932 e. The molecule has 0 aromatic rings. The second-order valence-electron chi connectivity index (χ2n) is 30.6. The highest BCUT2D eigenvalue weighted by Crippen LogP contribution is 2.32. The maximum absolute atomic E-state index is 6.30. The normalized spacial score (nSPS) is 17.4. The number of ether oxygens (including phenoxy) is 6. The molecule has 7 unspecified atom stereocenters. The lowest BCUT2D eigenvalue weighted by Crippen LogP contribution is -2.31. The second-order valence-corrected chi connectivity index (χ2v) is 30.6. The van der Waals surface area contributed by atoms with E-state index in [1.165, 1.54) is 263 Å². The standard InChI is InChI=1S/C79H160N2O6.CH4/c1-68(2)39-33-41-70(5)43-35-45-72(7)47-37-49-74(9)53-59-86-78(62-80-11)66-84-57-31-27-23-19-15-13-17-21-25-29-55-82-64-76-51-52-77(61-76)65-83-56-30-26-22-18-14-16-20-24-28-32-58-85-67-79(63-81-12)87-60-54-75(10)50-38-48-73(8)46-36-44-71(6)42-34-40-69(3)4;/h68-81H,13-67H2,1-12H3;1H4/t70?,71?,72?,73?,74?,75?,76-,77+,78-,79?;/m1./s1. The summed E-state index contributed by atoms with van der Waals surface area (Å²) < 4.78 is 37.1. The summed E-state index contributed by atoms with van der Waals surface area (Å²) in [6.07, 6.45) is 58.0. The Morgan fingerprint density at radius 3 is 0.784 bits per heavy atom. The summed E-state index contributed by atoms with van der Waals surface area (Å²) in [5.74, 6) is 8.20. The first-order chi connectivity index (χ1) is 42.3. The number of hydrogen-bond acceptors (Lipinski definition) is 8. The average molecular weight is 1250 g/mol. The van der Waals surface area contributed by atoms with Gasteiger partial charge in [0.2, 0.25) is 0 Å². The van der Waals surface area contributed by atoms with E-state index in [2.05, 4.69) is 79.9 Å². The molecule has 0 bridgehead atoms. The molecule has 0 amide bonds. The number of likely N-dealkylation sites (N-methyl/N-ethyl adjacent to an activating group) is 2. The zero-order chi connectivity index (χ0) is 63.5. The van der Waals surface area contributed by atoms with Crippen LogP contribution in [0.1, 0.15) is 353 Å². The van der Waals surface area contributed by atoms with Crippen LogP contribution in [-0.4, -0.2) is 105 Å². The summed E-state index contributed by atoms with van der Waals surface area (Å²) >= 11 is 0. The SMILES string of the molecule is C.CNCC(COCCCCCCCCCCCCOC[C@H]1CC[C@@H](COCCCCCCCCCCCCOC[C@@H](CNC)OCCC(C)CCCC(C)CCCC(C)CCCC(C)C)C1)OCCC(C)CCCC(C)CCCC(C)CCCC(C)C. The van der Waals surface area contributed by atoms with Crippen LogP contribution in [0.25, 0.3) is 0 Å². The zero-order valence-electron chi connectivity index (χ0n) is 61.3. The second kappa shape index (κ2) is 65.3. The molecule has 2 N–H and O–H groups in total. The molecule has 1 saturated carbocycles. The molecule has 0 aromatic carbocycles. The van der Waals surface area contributed by atoms with Gasteiger partial charge in [-0.05, 0) is 131 Å². The molecular weight excluding hydrogens is 1080 g/mol. The highest BCUT2D eigenvalue weighted by atomic mass is 16.5. The third-order valence-electron chi connectivity index (χ3n) is 19.9. The minimum Gasteiger partial charge on any atom is -0.381 e. The van der Waals surface area contributed by atoms with Crippen LogP contribution in [0.15, 0.2) is 0 Å². The first-order valence-electron chi connectivity index (χ1n) is 39.1. The predicted molar refractivity (Wildman–Crippen MR) is 388 cm³/mol. The van der Waals surface area contributed by atoms with Gasteiger partial charge in [0, 0.05) is 65.9 Å². The van der Waals surface area contributed by atoms with Crippen molar-refractivity contribution in [2.24, 2.45) is 59.2 Å². The molecule has 88 heavy (non-hydrogen) atoms. The van der Waals surface area contributed by atoms with E-state index < -0.39 is 0 Å². The van der Waals surface area contributed by atoms with Crippen molar-refractivity contribution in [1.82, 2.24) is 10.6 Å². The quantitative estimate of drug-likeness (QED) is 0.0583. The summed E-state index contributed by atoms with van der Waals surface area (Å²) in [4.78, 5) is 0. The molecule has 1 rings (SSSR count). The van der Waals surface area contributed by atoms with Crippen LogP contribution < -0.4 is 10.6 Å². The molecule has 1 fully saturated rings. The molecule has 1 aliphatic carbocycles. The van der Waals surface area contributed by atoms with Crippen molar-refractivity contribution in [3.63, 3.8) is 0 Å². The van der Waals surface area contributed by atoms with Crippen molar-refractivity contribution < 1.29 is 28.4 Å². The first kappa shape index (κ1) is 87.7. The fraction of sp³-hybridized carbons (Fsp3) is 1.00. The predicted octanol–water partition coefficient (Wildman–Crippen LogP) is 23.0. The molecule has 8 nitrogen and oxygen atoms in total. The number of unbranched alkanes of at least 4 members (excludes halogenated alkanes) is 18. The van der Waals surface area contributed by atoms with E-state index in [1.807, 2.05) is 14.1 Å². The van der Waals surface area contributed by atoms with Crippen LogP contribution in [0, 0.1) is 59.2 Å². The van der Waals surface area contributed by atoms with Crippen molar-refractivity contribution in [3.05, 3.63) is 0 Å². The lowest BCUT2D eigenvalue weighted by molar-refractivity contribution is -0.0194. The van der Waals surface area contributed by atoms with E-state index in [0.717, 1.165) is 138 Å². The molecule has 530 valence electrons. The lowest BCUT2D eigenvalue weighted by Gasteiger charge is -2.20. The van der Waals surface area contributed by atoms with Crippen LogP contribution in [0.4, 0.5) is 0 Å². The van der Waals surface area contributed by atoms with Gasteiger partial charge in [0.05, 0.1) is 25.4 Å². The molecule has 0 radical (unpaired) electrons. The van der Waals surface area contributed by atoms with Gasteiger partial charge in [-0.25, -0.2) is 0 Å². The Morgan fingerprint density at radius 2 is 0.523 bits per heavy atom. The van der Waals surface area contributed by atoms with Gasteiger partial charge in [-0.1, -0.05) is 295 Å². The fourth-order valence-electron chi connectivity index (χ4n) is 13.6. The molecule has 10 atom stereocenters. The van der Waals surface area contributed by atoms with E-state index in [9.17, 15) is 0 Å². The molecule has 0 heterocycles. The minimum atomic E-state index is 0. The summed E-state index contributed by atoms with van der Waals surface area (Å²) in [7, 11) is 4.04. The maximum Gasteiger partial charge on any atom is 0.0932 e. The van der Waals surface area contributed by atoms with Crippen LogP contribution in [-0.2, 0) is 28.4 Å². The van der Waals surface area contributed by atoms with E-state index in [0.29, 0.717) is 13.2 Å². The molecular formula is C80H164N2O6. The summed E-state index contributed by atoms with van der Waals surface area (Å²) in [6, 6.07) is 0. The Hall–Kier alpha value is -0.320. The van der Waals surface area contributed by atoms with Gasteiger partial charge in [0.15, 0.2) is 0 Å². The van der Waals surface area contributed by atoms with Gasteiger partial charge in [-0.15, -0.1) is 0 Å². The first-order valence-corrected chi connectivity index (χ1v) is 39.1.